The van der Waals surface area contributed by atoms with Crippen molar-refractivity contribution in [2.75, 3.05) is 19.5 Å². The van der Waals surface area contributed by atoms with E-state index in [-0.39, 0.29) is 0 Å². The Balaban J connectivity index is 2.04. The maximum absolute atomic E-state index is 12.0. The van der Waals surface area contributed by atoms with Crippen molar-refractivity contribution in [3.8, 4) is 11.5 Å². The number of anilines is 1. The van der Waals surface area contributed by atoms with Gasteiger partial charge in [0.2, 0.25) is 0 Å². The molecule has 7 nitrogen and oxygen atoms in total. The number of halogens is 1. The maximum Gasteiger partial charge on any atom is 0.329 e. The minimum absolute atomic E-state index is 0.331. The van der Waals surface area contributed by atoms with Gasteiger partial charge in [0, 0.05) is 5.69 Å². The molecule has 2 aromatic rings. The van der Waals surface area contributed by atoms with Gasteiger partial charge in [0.1, 0.15) is 0 Å². The highest BCUT2D eigenvalue weighted by Crippen LogP contribution is 2.35. The molecule has 0 bridgehead atoms. The van der Waals surface area contributed by atoms with Crippen molar-refractivity contribution in [3.05, 3.63) is 52.0 Å². The molecule has 2 rings (SSSR count). The van der Waals surface area contributed by atoms with Gasteiger partial charge >= 0.3 is 11.8 Å². The topological polar surface area (TPSA) is 89.0 Å². The monoisotopic (exact) mass is 389 g/mol. The first kappa shape index (κ1) is 20.3. The molecule has 0 atom stereocenters. The van der Waals surface area contributed by atoms with E-state index in [1.807, 2.05) is 32.0 Å². The van der Waals surface area contributed by atoms with Crippen LogP contribution in [-0.2, 0) is 9.59 Å². The van der Waals surface area contributed by atoms with Crippen LogP contribution in [0.1, 0.15) is 16.7 Å². The first-order chi connectivity index (χ1) is 12.9. The van der Waals surface area contributed by atoms with Crippen LogP contribution in [0.5, 0.6) is 11.5 Å². The fourth-order valence-corrected chi connectivity index (χ4v) is 2.71. The molecule has 27 heavy (non-hydrogen) atoms. The molecule has 0 aliphatic heterocycles. The molecule has 142 valence electrons. The molecule has 0 saturated heterocycles. The molecule has 2 N–H and O–H groups in total. The van der Waals surface area contributed by atoms with Crippen molar-refractivity contribution in [1.82, 2.24) is 5.43 Å². The third kappa shape index (κ3) is 4.98. The van der Waals surface area contributed by atoms with Crippen molar-refractivity contribution in [2.24, 2.45) is 5.10 Å². The lowest BCUT2D eigenvalue weighted by molar-refractivity contribution is -0.136. The molecule has 0 saturated carbocycles. The van der Waals surface area contributed by atoms with Crippen LogP contribution in [0.2, 0.25) is 5.02 Å². The summed E-state index contributed by atoms with van der Waals surface area (Å²) < 4.78 is 10.3. The number of methoxy groups -OCH3 is 2. The van der Waals surface area contributed by atoms with Crippen molar-refractivity contribution >= 4 is 35.3 Å². The van der Waals surface area contributed by atoms with E-state index in [9.17, 15) is 9.59 Å². The van der Waals surface area contributed by atoms with Crippen LogP contribution in [0.3, 0.4) is 0 Å². The van der Waals surface area contributed by atoms with Crippen LogP contribution in [0.15, 0.2) is 35.4 Å². The van der Waals surface area contributed by atoms with Gasteiger partial charge in [0.25, 0.3) is 0 Å². The smallest absolute Gasteiger partial charge is 0.329 e. The number of carbonyl (C=O) groups excluding carboxylic acids is 2. The van der Waals surface area contributed by atoms with Crippen molar-refractivity contribution in [1.29, 1.82) is 0 Å². The summed E-state index contributed by atoms with van der Waals surface area (Å²) >= 11 is 6.11. The molecular weight excluding hydrogens is 370 g/mol. The SMILES string of the molecule is COc1cc(/C=N\NC(=O)C(=O)Nc2c(C)cccc2C)cc(Cl)c1OC. The van der Waals surface area contributed by atoms with E-state index in [1.165, 1.54) is 20.4 Å². The second-order valence-electron chi connectivity index (χ2n) is 5.66. The van der Waals surface area contributed by atoms with Gasteiger partial charge in [0.05, 0.1) is 25.5 Å². The van der Waals surface area contributed by atoms with Gasteiger partial charge in [-0.3, -0.25) is 9.59 Å². The third-order valence-electron chi connectivity index (χ3n) is 3.76. The number of benzene rings is 2. The summed E-state index contributed by atoms with van der Waals surface area (Å²) in [5, 5.41) is 6.70. The van der Waals surface area contributed by atoms with Gasteiger partial charge in [-0.05, 0) is 42.7 Å². The Labute approximate surface area is 162 Å². The van der Waals surface area contributed by atoms with Gasteiger partial charge in [0.15, 0.2) is 11.5 Å². The molecule has 0 aromatic heterocycles. The molecule has 0 aliphatic rings. The van der Waals surface area contributed by atoms with Gasteiger partial charge in [-0.1, -0.05) is 29.8 Å². The Hall–Kier alpha value is -3.06. The molecule has 0 fully saturated rings. The number of ether oxygens (including phenoxy) is 2. The first-order valence-electron chi connectivity index (χ1n) is 7.99. The average Bonchev–Trinajstić information content (AvgIpc) is 2.64. The number of nitrogens with one attached hydrogen (secondary N) is 2. The largest absolute Gasteiger partial charge is 0.493 e. The average molecular weight is 390 g/mol. The molecule has 8 heteroatoms. The van der Waals surface area contributed by atoms with Crippen molar-refractivity contribution in [2.45, 2.75) is 13.8 Å². The molecule has 0 heterocycles. The van der Waals surface area contributed by atoms with Crippen LogP contribution in [0.25, 0.3) is 0 Å². The Morgan fingerprint density at radius 1 is 1.07 bits per heavy atom. The third-order valence-corrected chi connectivity index (χ3v) is 4.04. The number of hydrogen-bond donors (Lipinski definition) is 2. The van der Waals surface area contributed by atoms with E-state index in [2.05, 4.69) is 15.8 Å². The van der Waals surface area contributed by atoms with E-state index >= 15 is 0 Å². The highest BCUT2D eigenvalue weighted by atomic mass is 35.5. The molecular formula is C19H20ClN3O4. The predicted octanol–water partition coefficient (Wildman–Crippen LogP) is 3.06. The lowest BCUT2D eigenvalue weighted by Crippen LogP contribution is -2.32. The zero-order chi connectivity index (χ0) is 20.0. The van der Waals surface area contributed by atoms with Crippen molar-refractivity contribution < 1.29 is 19.1 Å². The summed E-state index contributed by atoms with van der Waals surface area (Å²) in [5.74, 6) is -0.880. The zero-order valence-electron chi connectivity index (χ0n) is 15.4. The second kappa shape index (κ2) is 9.05. The van der Waals surface area contributed by atoms with E-state index in [4.69, 9.17) is 21.1 Å². The van der Waals surface area contributed by atoms with Crippen LogP contribution in [0, 0.1) is 13.8 Å². The summed E-state index contributed by atoms with van der Waals surface area (Å²) in [7, 11) is 2.96. The number of hydrazone groups is 1. The standard InChI is InChI=1S/C19H20ClN3O4/c1-11-6-5-7-12(2)16(11)22-18(24)19(25)23-21-10-13-8-14(20)17(27-4)15(9-13)26-3/h5-10H,1-4H3,(H,22,24)(H,23,25)/b21-10-. The van der Waals surface area contributed by atoms with E-state index in [0.717, 1.165) is 11.1 Å². The normalized spacial score (nSPS) is 10.6. The lowest BCUT2D eigenvalue weighted by atomic mass is 10.1. The van der Waals surface area contributed by atoms with Gasteiger partial charge < -0.3 is 14.8 Å². The quantitative estimate of drug-likeness (QED) is 0.467. The lowest BCUT2D eigenvalue weighted by Gasteiger charge is -2.10. The number of hydrogen-bond acceptors (Lipinski definition) is 5. The predicted molar refractivity (Wildman–Crippen MR) is 105 cm³/mol. The molecule has 0 spiro atoms. The Bertz CT molecular complexity index is 877. The molecule has 0 aliphatic carbocycles. The Morgan fingerprint density at radius 3 is 2.33 bits per heavy atom. The second-order valence-corrected chi connectivity index (χ2v) is 6.07. The summed E-state index contributed by atoms with van der Waals surface area (Å²) in [6, 6.07) is 8.80. The minimum Gasteiger partial charge on any atom is -0.493 e. The fourth-order valence-electron chi connectivity index (χ4n) is 2.41. The number of nitrogens with zero attached hydrogens (tertiary/aromatic N) is 1. The fraction of sp³-hybridized carbons (Fsp3) is 0.211. The van der Waals surface area contributed by atoms with E-state index < -0.39 is 11.8 Å². The molecule has 0 radical (unpaired) electrons. The molecule has 2 amide bonds. The first-order valence-corrected chi connectivity index (χ1v) is 8.37. The Morgan fingerprint density at radius 2 is 1.74 bits per heavy atom. The highest BCUT2D eigenvalue weighted by Gasteiger charge is 2.15. The zero-order valence-corrected chi connectivity index (χ0v) is 16.2. The number of para-hydroxylation sites is 1. The number of carbonyl (C=O) groups is 2. The van der Waals surface area contributed by atoms with Gasteiger partial charge in [-0.2, -0.15) is 5.10 Å². The number of rotatable bonds is 5. The summed E-state index contributed by atoms with van der Waals surface area (Å²) in [5.41, 5.74) is 5.07. The van der Waals surface area contributed by atoms with Gasteiger partial charge in [-0.25, -0.2) is 5.43 Å². The summed E-state index contributed by atoms with van der Waals surface area (Å²) in [6.45, 7) is 3.69. The highest BCUT2D eigenvalue weighted by molar-refractivity contribution is 6.39. The van der Waals surface area contributed by atoms with Crippen LogP contribution < -0.4 is 20.2 Å². The van der Waals surface area contributed by atoms with Crippen LogP contribution in [0.4, 0.5) is 5.69 Å². The van der Waals surface area contributed by atoms with E-state index in [1.54, 1.807) is 12.1 Å². The van der Waals surface area contributed by atoms with Crippen LogP contribution >= 0.6 is 11.6 Å². The molecule has 0 unspecified atom stereocenters. The summed E-state index contributed by atoms with van der Waals surface area (Å²) in [4.78, 5) is 24.0. The molecule has 2 aromatic carbocycles. The van der Waals surface area contributed by atoms with Crippen LogP contribution in [-0.4, -0.2) is 32.2 Å². The van der Waals surface area contributed by atoms with Crippen molar-refractivity contribution in [3.63, 3.8) is 0 Å². The Kier molecular flexibility index (Phi) is 6.79. The maximum atomic E-state index is 12.0. The number of aryl methyl sites for hydroxylation is 2. The summed E-state index contributed by atoms with van der Waals surface area (Å²) in [6.07, 6.45) is 1.35. The van der Waals surface area contributed by atoms with Gasteiger partial charge in [-0.15, -0.1) is 0 Å². The minimum atomic E-state index is -0.888. The number of amides is 2. The van der Waals surface area contributed by atoms with E-state index in [0.29, 0.717) is 27.8 Å².